The van der Waals surface area contributed by atoms with Crippen molar-refractivity contribution in [1.29, 1.82) is 0 Å². The number of halogens is 1. The maximum atomic E-state index is 13.3. The van der Waals surface area contributed by atoms with Crippen LogP contribution < -0.4 is 14.2 Å². The fourth-order valence-electron chi connectivity index (χ4n) is 1.69. The number of nitro benzene ring substituents is 1. The van der Waals surface area contributed by atoms with Crippen LogP contribution in [0, 0.1) is 15.9 Å². The van der Waals surface area contributed by atoms with Gasteiger partial charge in [-0.2, -0.15) is 0 Å². The van der Waals surface area contributed by atoms with Gasteiger partial charge in [0.1, 0.15) is 28.8 Å². The standard InChI is InChI=1S/C14H12FNO5/c1-19-11-6-12(20-2)8-14(7-11)21-13-4-9(15)3-10(5-13)16(17)18/h3-8H,1-2H3. The molecule has 0 saturated heterocycles. The summed E-state index contributed by atoms with van der Waals surface area (Å²) < 4.78 is 28.9. The number of benzene rings is 2. The molecule has 0 radical (unpaired) electrons. The summed E-state index contributed by atoms with van der Waals surface area (Å²) in [4.78, 5) is 10.0. The molecule has 6 nitrogen and oxygen atoms in total. The second-order valence-electron chi connectivity index (χ2n) is 4.05. The van der Waals surface area contributed by atoms with E-state index in [4.69, 9.17) is 14.2 Å². The van der Waals surface area contributed by atoms with Crippen LogP contribution in [0.2, 0.25) is 0 Å². The highest BCUT2D eigenvalue weighted by Gasteiger charge is 2.12. The van der Waals surface area contributed by atoms with E-state index in [1.54, 1.807) is 18.2 Å². The van der Waals surface area contributed by atoms with E-state index in [1.807, 2.05) is 0 Å². The van der Waals surface area contributed by atoms with Crippen LogP contribution in [0.15, 0.2) is 36.4 Å². The van der Waals surface area contributed by atoms with E-state index in [0.29, 0.717) is 17.2 Å². The fourth-order valence-corrected chi connectivity index (χ4v) is 1.69. The Morgan fingerprint density at radius 2 is 1.43 bits per heavy atom. The van der Waals surface area contributed by atoms with Crippen LogP contribution in [0.4, 0.5) is 10.1 Å². The Morgan fingerprint density at radius 1 is 0.905 bits per heavy atom. The van der Waals surface area contributed by atoms with Gasteiger partial charge in [-0.25, -0.2) is 4.39 Å². The Labute approximate surface area is 119 Å². The van der Waals surface area contributed by atoms with Crippen molar-refractivity contribution in [2.75, 3.05) is 14.2 Å². The Kier molecular flexibility index (Phi) is 4.22. The topological polar surface area (TPSA) is 70.8 Å². The maximum absolute atomic E-state index is 13.3. The van der Waals surface area contributed by atoms with E-state index in [9.17, 15) is 14.5 Å². The number of ether oxygens (including phenoxy) is 3. The lowest BCUT2D eigenvalue weighted by Gasteiger charge is -2.10. The van der Waals surface area contributed by atoms with E-state index < -0.39 is 10.7 Å². The van der Waals surface area contributed by atoms with Crippen molar-refractivity contribution in [3.05, 3.63) is 52.3 Å². The zero-order chi connectivity index (χ0) is 15.4. The third-order valence-corrected chi connectivity index (χ3v) is 2.63. The molecule has 0 N–H and O–H groups in total. The Bertz CT molecular complexity index is 652. The summed E-state index contributed by atoms with van der Waals surface area (Å²) in [5.74, 6) is 0.530. The molecule has 0 aromatic heterocycles. The summed E-state index contributed by atoms with van der Waals surface area (Å²) in [5, 5.41) is 10.7. The highest BCUT2D eigenvalue weighted by molar-refractivity contribution is 5.46. The second-order valence-corrected chi connectivity index (χ2v) is 4.05. The van der Waals surface area contributed by atoms with Gasteiger partial charge in [0.25, 0.3) is 5.69 Å². The normalized spacial score (nSPS) is 10.0. The summed E-state index contributed by atoms with van der Waals surface area (Å²) in [6.45, 7) is 0. The predicted molar refractivity (Wildman–Crippen MR) is 72.7 cm³/mol. The minimum Gasteiger partial charge on any atom is -0.496 e. The maximum Gasteiger partial charge on any atom is 0.276 e. The highest BCUT2D eigenvalue weighted by atomic mass is 19.1. The predicted octanol–water partition coefficient (Wildman–Crippen LogP) is 3.54. The quantitative estimate of drug-likeness (QED) is 0.623. The Morgan fingerprint density at radius 3 is 1.95 bits per heavy atom. The molecule has 2 aromatic carbocycles. The van der Waals surface area contributed by atoms with E-state index >= 15 is 0 Å². The second kappa shape index (κ2) is 6.08. The molecular weight excluding hydrogens is 281 g/mol. The molecule has 2 rings (SSSR count). The largest absolute Gasteiger partial charge is 0.496 e. The average Bonchev–Trinajstić information content (AvgIpc) is 2.46. The van der Waals surface area contributed by atoms with Crippen molar-refractivity contribution in [3.8, 4) is 23.0 Å². The fraction of sp³-hybridized carbons (Fsp3) is 0.143. The minimum absolute atomic E-state index is 0.0111. The molecule has 0 aliphatic heterocycles. The molecule has 0 unspecified atom stereocenters. The van der Waals surface area contributed by atoms with Crippen molar-refractivity contribution in [3.63, 3.8) is 0 Å². The third kappa shape index (κ3) is 3.59. The van der Waals surface area contributed by atoms with E-state index in [2.05, 4.69) is 0 Å². The van der Waals surface area contributed by atoms with Gasteiger partial charge < -0.3 is 14.2 Å². The van der Waals surface area contributed by atoms with Gasteiger partial charge in [0, 0.05) is 24.3 Å². The number of hydrogen-bond donors (Lipinski definition) is 0. The lowest BCUT2D eigenvalue weighted by molar-refractivity contribution is -0.385. The van der Waals surface area contributed by atoms with Crippen molar-refractivity contribution >= 4 is 5.69 Å². The molecule has 0 spiro atoms. The van der Waals surface area contributed by atoms with E-state index in [-0.39, 0.29) is 11.4 Å². The van der Waals surface area contributed by atoms with E-state index in [1.165, 1.54) is 14.2 Å². The summed E-state index contributed by atoms with van der Waals surface area (Å²) in [5.41, 5.74) is -0.389. The van der Waals surface area contributed by atoms with Crippen LogP contribution in [-0.2, 0) is 0 Å². The highest BCUT2D eigenvalue weighted by Crippen LogP contribution is 2.32. The summed E-state index contributed by atoms with van der Waals surface area (Å²) in [7, 11) is 2.96. The minimum atomic E-state index is -0.755. The molecule has 0 aliphatic carbocycles. The van der Waals surface area contributed by atoms with Gasteiger partial charge in [0.15, 0.2) is 0 Å². The van der Waals surface area contributed by atoms with Gasteiger partial charge >= 0.3 is 0 Å². The molecule has 0 amide bonds. The smallest absolute Gasteiger partial charge is 0.276 e. The molecular formula is C14H12FNO5. The summed E-state index contributed by atoms with van der Waals surface area (Å²) >= 11 is 0. The number of nitro groups is 1. The molecule has 110 valence electrons. The van der Waals surface area contributed by atoms with Gasteiger partial charge in [-0.05, 0) is 0 Å². The molecule has 2 aromatic rings. The van der Waals surface area contributed by atoms with Crippen LogP contribution in [0.3, 0.4) is 0 Å². The first-order chi connectivity index (χ1) is 10.0. The van der Waals surface area contributed by atoms with Crippen molar-refractivity contribution in [1.82, 2.24) is 0 Å². The molecule has 0 bridgehead atoms. The molecule has 0 heterocycles. The lowest BCUT2D eigenvalue weighted by Crippen LogP contribution is -1.93. The van der Waals surface area contributed by atoms with Crippen LogP contribution in [0.1, 0.15) is 0 Å². The zero-order valence-electron chi connectivity index (χ0n) is 11.3. The van der Waals surface area contributed by atoms with Gasteiger partial charge in [-0.1, -0.05) is 0 Å². The molecule has 0 aliphatic rings. The number of non-ortho nitro benzene ring substituents is 1. The van der Waals surface area contributed by atoms with Gasteiger partial charge in [0.2, 0.25) is 0 Å². The van der Waals surface area contributed by atoms with Gasteiger partial charge in [-0.15, -0.1) is 0 Å². The average molecular weight is 293 g/mol. The number of methoxy groups -OCH3 is 2. The van der Waals surface area contributed by atoms with Crippen molar-refractivity contribution in [2.45, 2.75) is 0 Å². The Balaban J connectivity index is 2.35. The number of nitrogens with zero attached hydrogens (tertiary/aromatic N) is 1. The molecule has 7 heteroatoms. The summed E-state index contributed by atoms with van der Waals surface area (Å²) in [6, 6.07) is 7.76. The first-order valence-electron chi connectivity index (χ1n) is 5.87. The molecule has 21 heavy (non-hydrogen) atoms. The molecule has 0 fully saturated rings. The SMILES string of the molecule is COc1cc(OC)cc(Oc2cc(F)cc([N+](=O)[O-])c2)c1. The van der Waals surface area contributed by atoms with Crippen LogP contribution in [0.5, 0.6) is 23.0 Å². The number of hydrogen-bond acceptors (Lipinski definition) is 5. The van der Waals surface area contributed by atoms with Crippen LogP contribution in [0.25, 0.3) is 0 Å². The van der Waals surface area contributed by atoms with Crippen LogP contribution >= 0.6 is 0 Å². The van der Waals surface area contributed by atoms with Crippen molar-refractivity contribution in [2.24, 2.45) is 0 Å². The zero-order valence-corrected chi connectivity index (χ0v) is 11.3. The van der Waals surface area contributed by atoms with E-state index in [0.717, 1.165) is 18.2 Å². The number of rotatable bonds is 5. The molecule has 0 saturated carbocycles. The van der Waals surface area contributed by atoms with Crippen LogP contribution in [-0.4, -0.2) is 19.1 Å². The van der Waals surface area contributed by atoms with Gasteiger partial charge in [-0.3, -0.25) is 10.1 Å². The first kappa shape index (κ1) is 14.6. The lowest BCUT2D eigenvalue weighted by atomic mass is 10.2. The monoisotopic (exact) mass is 293 g/mol. The van der Waals surface area contributed by atoms with Crippen molar-refractivity contribution < 1.29 is 23.5 Å². The third-order valence-electron chi connectivity index (χ3n) is 2.63. The first-order valence-corrected chi connectivity index (χ1v) is 5.87. The summed E-state index contributed by atoms with van der Waals surface area (Å²) in [6.07, 6.45) is 0. The Hall–Kier alpha value is -2.83. The van der Waals surface area contributed by atoms with Gasteiger partial charge in [0.05, 0.1) is 31.3 Å². The molecule has 0 atom stereocenters.